The Bertz CT molecular complexity index is 1780. The van der Waals surface area contributed by atoms with Gasteiger partial charge in [-0.1, -0.05) is 18.2 Å². The molecule has 38 heavy (non-hydrogen) atoms. The van der Waals surface area contributed by atoms with Crippen LogP contribution < -0.4 is 4.90 Å². The Kier molecular flexibility index (Phi) is 7.06. The van der Waals surface area contributed by atoms with E-state index in [1.807, 2.05) is 62.0 Å². The summed E-state index contributed by atoms with van der Waals surface area (Å²) in [4.78, 5) is 0.383. The van der Waals surface area contributed by atoms with E-state index >= 15 is 0 Å². The summed E-state index contributed by atoms with van der Waals surface area (Å²) in [5.74, 6) is -0.770. The molecule has 0 fully saturated rings. The van der Waals surface area contributed by atoms with Crippen LogP contribution in [0.25, 0.3) is 16.3 Å². The molecule has 3 aromatic carbocycles. The van der Waals surface area contributed by atoms with E-state index in [4.69, 9.17) is 0 Å². The number of phenolic OH excluding ortho intramolecular Hbond substituents is 1. The molecule has 198 valence electrons. The highest BCUT2D eigenvalue weighted by molar-refractivity contribution is 7.86. The van der Waals surface area contributed by atoms with Crippen LogP contribution in [0.2, 0.25) is 0 Å². The van der Waals surface area contributed by atoms with E-state index in [0.717, 1.165) is 29.6 Å². The number of anilines is 1. The normalized spacial score (nSPS) is 13.7. The molecular weight excluding hydrogens is 528 g/mol. The van der Waals surface area contributed by atoms with Crippen LogP contribution in [-0.2, 0) is 20.2 Å². The Balaban J connectivity index is 0.00000420. The van der Waals surface area contributed by atoms with Gasteiger partial charge in [0.2, 0.25) is 0 Å². The van der Waals surface area contributed by atoms with Gasteiger partial charge in [-0.3, -0.25) is 0 Å². The average Bonchev–Trinajstić information content (AvgIpc) is 2.84. The van der Waals surface area contributed by atoms with E-state index in [-0.39, 0.29) is 17.8 Å². The predicted octanol–water partition coefficient (Wildman–Crippen LogP) is 3.17. The van der Waals surface area contributed by atoms with Crippen LogP contribution in [0, 0.1) is 0 Å². The zero-order chi connectivity index (χ0) is 28.0. The van der Waals surface area contributed by atoms with Gasteiger partial charge in [0.1, 0.15) is 40.1 Å². The van der Waals surface area contributed by atoms with Crippen molar-refractivity contribution < 1.29 is 37.0 Å². The smallest absolute Gasteiger partial charge is 0.744 e. The van der Waals surface area contributed by atoms with E-state index in [9.17, 15) is 31.0 Å². The SMILES string of the molecule is CN(C)c1ccc(C(=C2C=CC(=[N+](C)C)C=C2)c2c(O)c(S(=O)(=O)[O-])cc3cc(S(=O)(=O)[O-])ccc23)cc1.[H+]. The van der Waals surface area contributed by atoms with Gasteiger partial charge in [0.15, 0.2) is 5.71 Å². The number of hydrogen-bond acceptors (Lipinski definition) is 8. The van der Waals surface area contributed by atoms with Crippen molar-refractivity contribution in [3.63, 3.8) is 0 Å². The third-order valence-electron chi connectivity index (χ3n) is 6.20. The molecular formula is C27H26N2O7S2. The molecule has 9 nitrogen and oxygen atoms in total. The van der Waals surface area contributed by atoms with Gasteiger partial charge < -0.3 is 19.1 Å². The molecule has 0 spiro atoms. The lowest BCUT2D eigenvalue weighted by atomic mass is 9.87. The van der Waals surface area contributed by atoms with Crippen LogP contribution in [0.4, 0.5) is 5.69 Å². The molecule has 0 radical (unpaired) electrons. The topological polar surface area (TPSA) is 141 Å². The van der Waals surface area contributed by atoms with Gasteiger partial charge in [0.25, 0.3) is 0 Å². The molecule has 0 heterocycles. The highest BCUT2D eigenvalue weighted by atomic mass is 32.2. The van der Waals surface area contributed by atoms with Crippen molar-refractivity contribution in [2.45, 2.75) is 9.79 Å². The van der Waals surface area contributed by atoms with Crippen LogP contribution in [0.1, 0.15) is 12.6 Å². The van der Waals surface area contributed by atoms with Crippen molar-refractivity contribution in [2.75, 3.05) is 33.1 Å². The van der Waals surface area contributed by atoms with Gasteiger partial charge in [-0.05, 0) is 64.4 Å². The number of rotatable bonds is 5. The molecule has 0 saturated heterocycles. The largest absolute Gasteiger partial charge is 1.00 e. The quantitative estimate of drug-likeness (QED) is 0.375. The highest BCUT2D eigenvalue weighted by Gasteiger charge is 2.24. The molecule has 1 N–H and O–H groups in total. The predicted molar refractivity (Wildman–Crippen MR) is 145 cm³/mol. The summed E-state index contributed by atoms with van der Waals surface area (Å²) in [6.07, 6.45) is 7.29. The van der Waals surface area contributed by atoms with Gasteiger partial charge >= 0.3 is 1.43 Å². The summed E-state index contributed by atoms with van der Waals surface area (Å²) in [5.41, 5.74) is 3.42. The zero-order valence-electron chi connectivity index (χ0n) is 22.0. The van der Waals surface area contributed by atoms with E-state index in [0.29, 0.717) is 16.7 Å². The molecule has 0 aliphatic heterocycles. The lowest BCUT2D eigenvalue weighted by molar-refractivity contribution is -0.462. The van der Waals surface area contributed by atoms with Gasteiger partial charge in [0.05, 0.1) is 9.79 Å². The number of aromatic hydroxyl groups is 1. The molecule has 0 saturated carbocycles. The first-order valence-corrected chi connectivity index (χ1v) is 14.1. The first kappa shape index (κ1) is 27.3. The minimum Gasteiger partial charge on any atom is -0.744 e. The van der Waals surface area contributed by atoms with Crippen molar-refractivity contribution in [2.24, 2.45) is 0 Å². The maximum atomic E-state index is 12.2. The fourth-order valence-electron chi connectivity index (χ4n) is 4.26. The first-order chi connectivity index (χ1) is 17.7. The molecule has 11 heteroatoms. The maximum absolute atomic E-state index is 12.2. The highest BCUT2D eigenvalue weighted by Crippen LogP contribution is 2.43. The third kappa shape index (κ3) is 5.27. The second-order valence-electron chi connectivity index (χ2n) is 9.15. The number of benzene rings is 3. The number of fused-ring (bicyclic) bond motifs is 1. The minimum absolute atomic E-state index is 0. The van der Waals surface area contributed by atoms with Gasteiger partial charge in [-0.15, -0.1) is 0 Å². The van der Waals surface area contributed by atoms with E-state index < -0.39 is 35.8 Å². The molecule has 0 unspecified atom stereocenters. The zero-order valence-corrected chi connectivity index (χ0v) is 22.7. The number of nitrogens with zero attached hydrogens (tertiary/aromatic N) is 2. The van der Waals surface area contributed by atoms with E-state index in [2.05, 4.69) is 0 Å². The summed E-state index contributed by atoms with van der Waals surface area (Å²) in [6, 6.07) is 11.6. The Morgan fingerprint density at radius 2 is 1.47 bits per heavy atom. The lowest BCUT2D eigenvalue weighted by Crippen LogP contribution is -2.10. The standard InChI is InChI=1S/C27H26N2O7S2/c1-28(2)20-9-5-17(6-10-20)25(18-7-11-21(12-8-18)29(3)4)26-23-14-13-22(37(31,32)33)15-19(23)16-24(27(26)30)38(34,35)36/h5-16H,1-4H3,(H2,31,32,33,34,35,36). The monoisotopic (exact) mass is 554 g/mol. The van der Waals surface area contributed by atoms with Crippen molar-refractivity contribution >= 4 is 48.0 Å². The second-order valence-corrected chi connectivity index (χ2v) is 11.9. The molecule has 0 aromatic heterocycles. The second kappa shape index (κ2) is 9.84. The summed E-state index contributed by atoms with van der Waals surface area (Å²) in [5, 5.41) is 11.5. The molecule has 3 aromatic rings. The van der Waals surface area contributed by atoms with Gasteiger partial charge in [-0.25, -0.2) is 21.4 Å². The summed E-state index contributed by atoms with van der Waals surface area (Å²) < 4.78 is 73.3. The van der Waals surface area contributed by atoms with Crippen molar-refractivity contribution in [1.29, 1.82) is 0 Å². The van der Waals surface area contributed by atoms with Crippen LogP contribution in [0.3, 0.4) is 0 Å². The van der Waals surface area contributed by atoms with Gasteiger partial charge in [0, 0.05) is 43.1 Å². The summed E-state index contributed by atoms with van der Waals surface area (Å²) in [6.45, 7) is 0. The first-order valence-electron chi connectivity index (χ1n) is 11.3. The molecule has 4 rings (SSSR count). The fourth-order valence-corrected chi connectivity index (χ4v) is 5.37. The Labute approximate surface area is 223 Å². The number of hydrogen-bond donors (Lipinski definition) is 1. The Morgan fingerprint density at radius 1 is 0.868 bits per heavy atom. The number of allylic oxidation sites excluding steroid dienone is 5. The molecule has 0 amide bonds. The van der Waals surface area contributed by atoms with Crippen LogP contribution in [-0.4, -0.2) is 69.5 Å². The molecule has 1 aliphatic carbocycles. The van der Waals surface area contributed by atoms with E-state index in [1.165, 1.54) is 6.07 Å². The molecule has 1 aliphatic rings. The number of phenols is 1. The summed E-state index contributed by atoms with van der Waals surface area (Å²) in [7, 11) is -2.54. The average molecular weight is 555 g/mol. The van der Waals surface area contributed by atoms with Crippen molar-refractivity contribution in [3.05, 3.63) is 89.5 Å². The van der Waals surface area contributed by atoms with E-state index in [1.54, 1.807) is 24.3 Å². The Morgan fingerprint density at radius 3 is 1.97 bits per heavy atom. The lowest BCUT2D eigenvalue weighted by Gasteiger charge is -2.21. The third-order valence-corrected chi connectivity index (χ3v) is 7.88. The molecule has 0 atom stereocenters. The van der Waals surface area contributed by atoms with Crippen molar-refractivity contribution in [1.82, 2.24) is 0 Å². The van der Waals surface area contributed by atoms with Crippen LogP contribution >= 0.6 is 0 Å². The Hall–Kier alpha value is -3.77. The maximum Gasteiger partial charge on any atom is 1.00 e. The van der Waals surface area contributed by atoms with Crippen LogP contribution in [0.5, 0.6) is 5.75 Å². The summed E-state index contributed by atoms with van der Waals surface area (Å²) >= 11 is 0. The van der Waals surface area contributed by atoms with Gasteiger partial charge in [-0.2, -0.15) is 0 Å². The van der Waals surface area contributed by atoms with Crippen molar-refractivity contribution in [3.8, 4) is 5.75 Å². The molecule has 0 bridgehead atoms. The fraction of sp³-hybridized carbons (Fsp3) is 0.148. The van der Waals surface area contributed by atoms with Crippen LogP contribution in [0.15, 0.2) is 88.2 Å². The minimum atomic E-state index is -5.18.